The predicted octanol–water partition coefficient (Wildman–Crippen LogP) is 0.704. The lowest BCUT2D eigenvalue weighted by molar-refractivity contribution is 0.0902. The van der Waals surface area contributed by atoms with Crippen molar-refractivity contribution >= 4 is 0 Å². The van der Waals surface area contributed by atoms with Gasteiger partial charge in [0.2, 0.25) is 0 Å². The van der Waals surface area contributed by atoms with Crippen LogP contribution in [0.1, 0.15) is 27.7 Å². The van der Waals surface area contributed by atoms with Gasteiger partial charge in [0, 0.05) is 25.7 Å². The minimum atomic E-state index is -0.241. The lowest BCUT2D eigenvalue weighted by Crippen LogP contribution is -2.55. The van der Waals surface area contributed by atoms with Gasteiger partial charge in [-0.05, 0) is 20.9 Å². The van der Waals surface area contributed by atoms with Gasteiger partial charge in [-0.25, -0.2) is 0 Å². The molecule has 4 nitrogen and oxygen atoms in total. The second-order valence-electron chi connectivity index (χ2n) is 4.95. The highest BCUT2D eigenvalue weighted by atomic mass is 16.5. The molecule has 0 aromatic carbocycles. The Labute approximate surface area is 100.0 Å². The lowest BCUT2D eigenvalue weighted by Gasteiger charge is -2.35. The number of rotatable bonds is 9. The van der Waals surface area contributed by atoms with Gasteiger partial charge in [0.25, 0.3) is 0 Å². The van der Waals surface area contributed by atoms with Crippen LogP contribution in [0.3, 0.4) is 0 Å². The Morgan fingerprint density at radius 2 is 2.06 bits per heavy atom. The molecule has 0 aliphatic heterocycles. The monoisotopic (exact) mass is 232 g/mol. The molecule has 0 rings (SSSR count). The summed E-state index contributed by atoms with van der Waals surface area (Å²) in [7, 11) is 2.05. The van der Waals surface area contributed by atoms with Crippen LogP contribution in [0.2, 0.25) is 0 Å². The van der Waals surface area contributed by atoms with E-state index in [9.17, 15) is 5.11 Å². The summed E-state index contributed by atoms with van der Waals surface area (Å²) in [5.41, 5.74) is -0.241. The Hall–Kier alpha value is -0.160. The van der Waals surface area contributed by atoms with Crippen LogP contribution in [0.4, 0.5) is 0 Å². The molecule has 0 aromatic rings. The minimum Gasteiger partial charge on any atom is -0.394 e. The first-order valence-electron chi connectivity index (χ1n) is 6.08. The van der Waals surface area contributed by atoms with E-state index in [1.165, 1.54) is 0 Å². The van der Waals surface area contributed by atoms with Crippen molar-refractivity contribution in [3.05, 3.63) is 0 Å². The molecule has 0 fully saturated rings. The van der Waals surface area contributed by atoms with Crippen molar-refractivity contribution < 1.29 is 9.84 Å². The average molecular weight is 232 g/mol. The molecule has 16 heavy (non-hydrogen) atoms. The van der Waals surface area contributed by atoms with Crippen molar-refractivity contribution in [1.82, 2.24) is 10.2 Å². The molecule has 0 amide bonds. The van der Waals surface area contributed by atoms with E-state index in [0.29, 0.717) is 6.04 Å². The molecule has 0 aromatic heterocycles. The van der Waals surface area contributed by atoms with Gasteiger partial charge in [0.1, 0.15) is 0 Å². The third kappa shape index (κ3) is 7.17. The number of aliphatic hydroxyl groups excluding tert-OH is 1. The lowest BCUT2D eigenvalue weighted by atomic mass is 10.0. The molecule has 1 atom stereocenters. The fourth-order valence-electron chi connectivity index (χ4n) is 1.88. The van der Waals surface area contributed by atoms with E-state index >= 15 is 0 Å². The zero-order valence-corrected chi connectivity index (χ0v) is 11.4. The summed E-state index contributed by atoms with van der Waals surface area (Å²) in [6.45, 7) is 11.6. The maximum absolute atomic E-state index is 9.43. The van der Waals surface area contributed by atoms with Crippen LogP contribution in [0.25, 0.3) is 0 Å². The van der Waals surface area contributed by atoms with Crippen molar-refractivity contribution in [3.63, 3.8) is 0 Å². The van der Waals surface area contributed by atoms with Crippen molar-refractivity contribution in [2.75, 3.05) is 40.0 Å². The second kappa shape index (κ2) is 8.01. The largest absolute Gasteiger partial charge is 0.394 e. The van der Waals surface area contributed by atoms with Gasteiger partial charge in [-0.3, -0.25) is 0 Å². The Morgan fingerprint density at radius 3 is 2.50 bits per heavy atom. The van der Waals surface area contributed by atoms with Crippen LogP contribution in [0, 0.1) is 0 Å². The highest BCUT2D eigenvalue weighted by Crippen LogP contribution is 2.06. The van der Waals surface area contributed by atoms with Crippen molar-refractivity contribution in [2.45, 2.75) is 39.3 Å². The zero-order chi connectivity index (χ0) is 12.6. The van der Waals surface area contributed by atoms with Crippen LogP contribution >= 0.6 is 0 Å². The van der Waals surface area contributed by atoms with E-state index in [-0.39, 0.29) is 12.1 Å². The van der Waals surface area contributed by atoms with E-state index in [2.05, 4.69) is 31.1 Å². The molecule has 0 heterocycles. The summed E-state index contributed by atoms with van der Waals surface area (Å²) >= 11 is 0. The summed E-state index contributed by atoms with van der Waals surface area (Å²) in [6.07, 6.45) is 0. The molecule has 0 aliphatic carbocycles. The van der Waals surface area contributed by atoms with Crippen LogP contribution in [0.5, 0.6) is 0 Å². The van der Waals surface area contributed by atoms with Crippen molar-refractivity contribution in [2.24, 2.45) is 0 Å². The van der Waals surface area contributed by atoms with E-state index in [0.717, 1.165) is 26.3 Å². The maximum atomic E-state index is 9.43. The van der Waals surface area contributed by atoms with Gasteiger partial charge in [-0.2, -0.15) is 0 Å². The first-order chi connectivity index (χ1) is 7.43. The fraction of sp³-hybridized carbons (Fsp3) is 1.00. The van der Waals surface area contributed by atoms with Gasteiger partial charge in [-0.15, -0.1) is 0 Å². The second-order valence-corrected chi connectivity index (χ2v) is 4.95. The summed E-state index contributed by atoms with van der Waals surface area (Å²) < 4.78 is 5.31. The van der Waals surface area contributed by atoms with Gasteiger partial charge < -0.3 is 20.1 Å². The van der Waals surface area contributed by atoms with Gasteiger partial charge in [0.05, 0.1) is 18.8 Å². The highest BCUT2D eigenvalue weighted by Gasteiger charge is 2.25. The molecular weight excluding hydrogens is 204 g/mol. The molecule has 2 N–H and O–H groups in total. The molecular formula is C12H28N2O2. The standard InChI is InChI=1S/C12H28N2O2/c1-6-16-8-7-14(5)9-12(4,10-15)13-11(2)3/h11,13,15H,6-10H2,1-5H3. The Morgan fingerprint density at radius 1 is 1.44 bits per heavy atom. The SMILES string of the molecule is CCOCCN(C)CC(C)(CO)NC(C)C. The summed E-state index contributed by atoms with van der Waals surface area (Å²) in [6, 6.07) is 0.373. The maximum Gasteiger partial charge on any atom is 0.0623 e. The molecule has 0 radical (unpaired) electrons. The van der Waals surface area contributed by atoms with Crippen LogP contribution < -0.4 is 5.32 Å². The summed E-state index contributed by atoms with van der Waals surface area (Å²) in [4.78, 5) is 2.18. The third-order valence-corrected chi connectivity index (χ3v) is 2.43. The molecule has 0 saturated heterocycles. The number of ether oxygens (including phenoxy) is 1. The highest BCUT2D eigenvalue weighted by molar-refractivity contribution is 4.86. The predicted molar refractivity (Wildman–Crippen MR) is 67.8 cm³/mol. The number of nitrogens with zero attached hydrogens (tertiary/aromatic N) is 1. The number of likely N-dealkylation sites (N-methyl/N-ethyl adjacent to an activating group) is 1. The van der Waals surface area contributed by atoms with E-state index in [1.54, 1.807) is 0 Å². The number of aliphatic hydroxyl groups is 1. The zero-order valence-electron chi connectivity index (χ0n) is 11.4. The topological polar surface area (TPSA) is 44.7 Å². The number of hydrogen-bond donors (Lipinski definition) is 2. The van der Waals surface area contributed by atoms with E-state index < -0.39 is 0 Å². The normalized spacial score (nSPS) is 15.8. The Kier molecular flexibility index (Phi) is 7.93. The smallest absolute Gasteiger partial charge is 0.0623 e. The summed E-state index contributed by atoms with van der Waals surface area (Å²) in [5, 5.41) is 12.8. The molecule has 0 aliphatic rings. The van der Waals surface area contributed by atoms with Crippen molar-refractivity contribution in [1.29, 1.82) is 0 Å². The molecule has 4 heteroatoms. The van der Waals surface area contributed by atoms with Crippen molar-refractivity contribution in [3.8, 4) is 0 Å². The van der Waals surface area contributed by atoms with Crippen LogP contribution in [-0.4, -0.2) is 61.5 Å². The molecule has 0 saturated carbocycles. The minimum absolute atomic E-state index is 0.143. The van der Waals surface area contributed by atoms with Gasteiger partial charge in [-0.1, -0.05) is 13.8 Å². The quantitative estimate of drug-likeness (QED) is 0.575. The van der Waals surface area contributed by atoms with E-state index in [1.807, 2.05) is 13.8 Å². The number of nitrogens with one attached hydrogen (secondary N) is 1. The Bertz CT molecular complexity index is 176. The van der Waals surface area contributed by atoms with Crippen LogP contribution in [0.15, 0.2) is 0 Å². The number of hydrogen-bond acceptors (Lipinski definition) is 4. The molecule has 0 spiro atoms. The van der Waals surface area contributed by atoms with E-state index in [4.69, 9.17) is 4.74 Å². The molecule has 0 bridgehead atoms. The van der Waals surface area contributed by atoms with Crippen LogP contribution in [-0.2, 0) is 4.74 Å². The van der Waals surface area contributed by atoms with Gasteiger partial charge in [0.15, 0.2) is 0 Å². The molecule has 1 unspecified atom stereocenters. The third-order valence-electron chi connectivity index (χ3n) is 2.43. The van der Waals surface area contributed by atoms with Gasteiger partial charge >= 0.3 is 0 Å². The molecule has 98 valence electrons. The fourth-order valence-corrected chi connectivity index (χ4v) is 1.88. The Balaban J connectivity index is 3.99. The average Bonchev–Trinajstić information content (AvgIpc) is 2.16. The first kappa shape index (κ1) is 15.8. The summed E-state index contributed by atoms with van der Waals surface area (Å²) in [5.74, 6) is 0. The first-order valence-corrected chi connectivity index (χ1v) is 6.08.